The lowest BCUT2D eigenvalue weighted by Gasteiger charge is -2.63. The molecule has 0 aromatic heterocycles. The molecular weight excluding hydrogens is 604 g/mol. The molecule has 5 N–H and O–H groups in total. The van der Waals surface area contributed by atoms with E-state index in [-0.39, 0.29) is 40.3 Å². The van der Waals surface area contributed by atoms with Gasteiger partial charge in [0, 0.05) is 17.8 Å². The minimum absolute atomic E-state index is 0.0723. The van der Waals surface area contributed by atoms with E-state index in [0.717, 1.165) is 44.9 Å². The molecule has 1 saturated heterocycles. The van der Waals surface area contributed by atoms with Crippen LogP contribution in [0.3, 0.4) is 0 Å². The first-order valence-electron chi connectivity index (χ1n) is 18.1. The first-order valence-corrected chi connectivity index (χ1v) is 18.1. The number of aliphatic hydroxyl groups is 5. The molecule has 7 aliphatic rings. The molecule has 5 aliphatic carbocycles. The Balaban J connectivity index is 1.15. The summed E-state index contributed by atoms with van der Waals surface area (Å²) in [6.07, 6.45) is 0.627. The van der Waals surface area contributed by atoms with Crippen LogP contribution in [0.25, 0.3) is 0 Å². The minimum atomic E-state index is -1.31. The second-order valence-corrected chi connectivity index (χ2v) is 18.2. The third kappa shape index (κ3) is 4.43. The molecule has 0 amide bonds. The van der Waals surface area contributed by atoms with Gasteiger partial charge in [0.15, 0.2) is 12.4 Å². The van der Waals surface area contributed by atoms with Gasteiger partial charge in [0.05, 0.1) is 18.3 Å². The number of fused-ring (bicyclic) bond motifs is 3. The Hall–Kier alpha value is -1.27. The van der Waals surface area contributed by atoms with Crippen molar-refractivity contribution in [1.29, 1.82) is 0 Å². The lowest BCUT2D eigenvalue weighted by atomic mass is 9.41. The third-order valence-corrected chi connectivity index (χ3v) is 15.3. The van der Waals surface area contributed by atoms with Crippen molar-refractivity contribution in [2.75, 3.05) is 6.61 Å². The largest absolute Gasteiger partial charge is 0.488 e. The van der Waals surface area contributed by atoms with Crippen LogP contribution in [0.4, 0.5) is 0 Å². The van der Waals surface area contributed by atoms with Gasteiger partial charge in [-0.1, -0.05) is 34.6 Å². The van der Waals surface area contributed by atoms with Crippen LogP contribution >= 0.6 is 0 Å². The summed E-state index contributed by atoms with van der Waals surface area (Å²) in [4.78, 5) is 12.0. The van der Waals surface area contributed by atoms with E-state index in [2.05, 4.69) is 34.6 Å². The van der Waals surface area contributed by atoms with Crippen molar-refractivity contribution in [2.24, 2.45) is 44.8 Å². The summed E-state index contributed by atoms with van der Waals surface area (Å²) in [6, 6.07) is 0. The number of ether oxygens (including phenoxy) is 4. The van der Waals surface area contributed by atoms with Crippen LogP contribution in [0.15, 0.2) is 11.3 Å². The van der Waals surface area contributed by atoms with Crippen LogP contribution in [0.2, 0.25) is 0 Å². The van der Waals surface area contributed by atoms with Crippen LogP contribution in [-0.2, 0) is 23.7 Å². The molecule has 5 fully saturated rings. The Bertz CT molecular complexity index is 1320. The number of hydrogen-bond acceptors (Lipinski definition) is 10. The van der Waals surface area contributed by atoms with Gasteiger partial charge in [-0.05, 0) is 105 Å². The monoisotopic (exact) mass is 662 g/mol. The minimum Gasteiger partial charge on any atom is -0.488 e. The van der Waals surface area contributed by atoms with E-state index >= 15 is 0 Å². The Labute approximate surface area is 279 Å². The van der Waals surface area contributed by atoms with Gasteiger partial charge < -0.3 is 44.5 Å². The Morgan fingerprint density at radius 1 is 0.957 bits per heavy atom. The maximum atomic E-state index is 12.5. The number of esters is 1. The fraction of sp³-hybridized carbons (Fsp3) is 0.919. The van der Waals surface area contributed by atoms with Crippen molar-refractivity contribution in [1.82, 2.24) is 0 Å². The average Bonchev–Trinajstić information content (AvgIpc) is 3.61. The lowest BCUT2D eigenvalue weighted by Crippen LogP contribution is -2.61. The van der Waals surface area contributed by atoms with E-state index < -0.39 is 59.9 Å². The molecule has 2 aliphatic heterocycles. The summed E-state index contributed by atoms with van der Waals surface area (Å²) in [5.74, 6) is 1.00. The lowest BCUT2D eigenvalue weighted by molar-refractivity contribution is -0.303. The van der Waals surface area contributed by atoms with Crippen molar-refractivity contribution in [3.63, 3.8) is 0 Å². The molecule has 15 atom stereocenters. The van der Waals surface area contributed by atoms with Gasteiger partial charge in [-0.2, -0.15) is 0 Å². The molecule has 2 spiro atoms. The van der Waals surface area contributed by atoms with Gasteiger partial charge in [0.2, 0.25) is 0 Å². The van der Waals surface area contributed by atoms with Crippen LogP contribution in [-0.4, -0.2) is 92.7 Å². The van der Waals surface area contributed by atoms with E-state index in [4.69, 9.17) is 18.9 Å². The number of allylic oxidation sites excluding steroid dienone is 1. The standard InChI is InChI=1S/C37H58O10/c1-18-15-21(30(33(5,6)43)45-19(2)38)46-28-25(18)34(7)13-14-37-17-36(37)12-11-24(47-31-27(41)26(40)20(39)16-44-31)32(3,4)22(36)9-10-23(37)35(34,8)29(28)42/h18,20-24,26-27,29-31,39-43H,9-17H2,1-8H3/t18-,20+,21-,22+,23+,24+,26+,27-,29+,30+,31+,34-,35-,36-,37?/m1/s1. The van der Waals surface area contributed by atoms with Gasteiger partial charge >= 0.3 is 5.97 Å². The van der Waals surface area contributed by atoms with E-state index in [1.807, 2.05) is 0 Å². The fourth-order valence-corrected chi connectivity index (χ4v) is 13.0. The zero-order valence-corrected chi connectivity index (χ0v) is 29.5. The molecule has 0 bridgehead atoms. The van der Waals surface area contributed by atoms with Gasteiger partial charge in [-0.3, -0.25) is 4.79 Å². The maximum Gasteiger partial charge on any atom is 0.303 e. The molecule has 10 nitrogen and oxygen atoms in total. The van der Waals surface area contributed by atoms with Crippen molar-refractivity contribution in [3.05, 3.63) is 11.3 Å². The first kappa shape index (κ1) is 34.2. The quantitative estimate of drug-likeness (QED) is 0.218. The van der Waals surface area contributed by atoms with Gasteiger partial charge in [0.25, 0.3) is 0 Å². The maximum absolute atomic E-state index is 12.5. The average molecular weight is 663 g/mol. The molecule has 266 valence electrons. The number of aliphatic hydroxyl groups excluding tert-OH is 4. The van der Waals surface area contributed by atoms with Crippen molar-refractivity contribution < 1.29 is 49.3 Å². The molecule has 0 radical (unpaired) electrons. The molecular formula is C37H58O10. The van der Waals surface area contributed by atoms with Crippen molar-refractivity contribution in [3.8, 4) is 0 Å². The van der Waals surface area contributed by atoms with Gasteiger partial charge in [0.1, 0.15) is 36.3 Å². The fourth-order valence-electron chi connectivity index (χ4n) is 13.0. The summed E-state index contributed by atoms with van der Waals surface area (Å²) in [6.45, 7) is 16.0. The number of rotatable bonds is 5. The highest BCUT2D eigenvalue weighted by Gasteiger charge is 2.83. The molecule has 2 heterocycles. The summed E-state index contributed by atoms with van der Waals surface area (Å²) < 4.78 is 24.4. The van der Waals surface area contributed by atoms with Gasteiger partial charge in [-0.25, -0.2) is 0 Å². The predicted molar refractivity (Wildman–Crippen MR) is 170 cm³/mol. The Morgan fingerprint density at radius 3 is 2.28 bits per heavy atom. The SMILES string of the molecule is CC(=O)O[C@@H]([C@H]1C[C@@H](C)C2=C(O1)[C@H](O)[C@@]1(C)[C@@H]3CC[C@H]4C(C)(C)[C@@H](O[C@@H]5OC[C@H](O)[C@H](O)[C@H]5O)CC[C@@]45CC35CC[C@]21C)C(C)(C)O. The smallest absolute Gasteiger partial charge is 0.303 e. The Kier molecular flexibility index (Phi) is 7.73. The van der Waals surface area contributed by atoms with Gasteiger partial charge in [-0.15, -0.1) is 0 Å². The topological polar surface area (TPSA) is 155 Å². The van der Waals surface area contributed by atoms with E-state index in [0.29, 0.717) is 24.0 Å². The molecule has 0 aromatic rings. The highest BCUT2D eigenvalue weighted by Crippen LogP contribution is 2.89. The van der Waals surface area contributed by atoms with Crippen LogP contribution in [0.5, 0.6) is 0 Å². The zero-order chi connectivity index (χ0) is 34.3. The molecule has 1 unspecified atom stereocenters. The second kappa shape index (κ2) is 10.6. The van der Waals surface area contributed by atoms with Crippen molar-refractivity contribution >= 4 is 5.97 Å². The van der Waals surface area contributed by atoms with E-state index in [9.17, 15) is 30.3 Å². The second-order valence-electron chi connectivity index (χ2n) is 18.2. The molecule has 47 heavy (non-hydrogen) atoms. The molecule has 0 aromatic carbocycles. The van der Waals surface area contributed by atoms with E-state index in [1.54, 1.807) is 13.8 Å². The summed E-state index contributed by atoms with van der Waals surface area (Å²) in [5, 5.41) is 54.3. The summed E-state index contributed by atoms with van der Waals surface area (Å²) in [7, 11) is 0. The van der Waals surface area contributed by atoms with Crippen LogP contribution in [0, 0.1) is 44.8 Å². The molecule has 10 heteroatoms. The molecule has 4 saturated carbocycles. The number of carbonyl (C=O) groups excluding carboxylic acids is 1. The third-order valence-electron chi connectivity index (χ3n) is 15.3. The van der Waals surface area contributed by atoms with Crippen LogP contribution in [0.1, 0.15) is 107 Å². The predicted octanol–water partition coefficient (Wildman–Crippen LogP) is 3.60. The highest BCUT2D eigenvalue weighted by molar-refractivity contribution is 5.66. The van der Waals surface area contributed by atoms with Crippen LogP contribution < -0.4 is 0 Å². The van der Waals surface area contributed by atoms with Crippen molar-refractivity contribution in [2.45, 2.75) is 161 Å². The Morgan fingerprint density at radius 2 is 1.62 bits per heavy atom. The molecule has 7 rings (SSSR count). The summed E-state index contributed by atoms with van der Waals surface area (Å²) in [5.41, 5.74) is -0.669. The highest BCUT2D eigenvalue weighted by atomic mass is 16.7. The normalized spacial score (nSPS) is 52.2. The van der Waals surface area contributed by atoms with E-state index in [1.165, 1.54) is 12.5 Å². The number of hydrogen-bond donors (Lipinski definition) is 5. The first-order chi connectivity index (χ1) is 21.8. The zero-order valence-electron chi connectivity index (χ0n) is 29.5. The number of carbonyl (C=O) groups is 1. The summed E-state index contributed by atoms with van der Waals surface area (Å²) >= 11 is 0.